The molecular formula is C11H19N3OS. The van der Waals surface area contributed by atoms with Gasteiger partial charge in [-0.25, -0.2) is 4.98 Å². The fourth-order valence-corrected chi connectivity index (χ4v) is 1.36. The summed E-state index contributed by atoms with van der Waals surface area (Å²) in [6, 6.07) is 1.50. The van der Waals surface area contributed by atoms with E-state index in [2.05, 4.69) is 35.4 Å². The van der Waals surface area contributed by atoms with Crippen molar-refractivity contribution in [1.82, 2.24) is 9.97 Å². The van der Waals surface area contributed by atoms with Crippen LogP contribution in [0.5, 0.6) is 0 Å². The maximum atomic E-state index is 11.3. The molecule has 0 unspecified atom stereocenters. The molecule has 16 heavy (non-hydrogen) atoms. The molecule has 0 amide bonds. The van der Waals surface area contributed by atoms with Crippen LogP contribution in [0.1, 0.15) is 26.6 Å². The summed E-state index contributed by atoms with van der Waals surface area (Å²) in [6.45, 7) is 7.05. The van der Waals surface area contributed by atoms with Gasteiger partial charge in [0, 0.05) is 23.8 Å². The fourth-order valence-electron chi connectivity index (χ4n) is 1.14. The quantitative estimate of drug-likeness (QED) is 0.826. The van der Waals surface area contributed by atoms with Crippen molar-refractivity contribution in [3.8, 4) is 0 Å². The molecule has 0 aromatic carbocycles. The third-order valence-electron chi connectivity index (χ3n) is 2.37. The zero-order chi connectivity index (χ0) is 12.2. The van der Waals surface area contributed by atoms with E-state index in [-0.39, 0.29) is 10.3 Å². The first-order valence-electron chi connectivity index (χ1n) is 5.36. The first-order valence-corrected chi connectivity index (χ1v) is 6.58. The van der Waals surface area contributed by atoms with Gasteiger partial charge in [-0.15, -0.1) is 0 Å². The third-order valence-corrected chi connectivity index (χ3v) is 3.62. The van der Waals surface area contributed by atoms with Crippen molar-refractivity contribution in [1.29, 1.82) is 0 Å². The van der Waals surface area contributed by atoms with Crippen LogP contribution in [0, 0.1) is 0 Å². The van der Waals surface area contributed by atoms with Gasteiger partial charge >= 0.3 is 0 Å². The SMILES string of the molecule is CCc1nc(NCC(C)(C)SC)cc(=O)[nH]1. The zero-order valence-corrected chi connectivity index (χ0v) is 11.1. The Morgan fingerprint density at radius 3 is 2.81 bits per heavy atom. The van der Waals surface area contributed by atoms with Gasteiger partial charge in [0.15, 0.2) is 0 Å². The number of anilines is 1. The minimum absolute atomic E-state index is 0.101. The van der Waals surface area contributed by atoms with Crippen molar-refractivity contribution in [3.63, 3.8) is 0 Å². The van der Waals surface area contributed by atoms with Crippen LogP contribution in [0.15, 0.2) is 10.9 Å². The smallest absolute Gasteiger partial charge is 0.252 e. The van der Waals surface area contributed by atoms with Crippen LogP contribution in [0.3, 0.4) is 0 Å². The van der Waals surface area contributed by atoms with Crippen LogP contribution >= 0.6 is 11.8 Å². The van der Waals surface area contributed by atoms with E-state index in [1.807, 2.05) is 6.92 Å². The molecule has 5 heteroatoms. The predicted octanol–water partition coefficient (Wildman–Crippen LogP) is 1.89. The molecule has 1 rings (SSSR count). The molecule has 90 valence electrons. The van der Waals surface area contributed by atoms with Crippen molar-refractivity contribution in [3.05, 3.63) is 22.2 Å². The molecule has 0 aliphatic rings. The molecule has 0 fully saturated rings. The Labute approximate surface area is 100 Å². The number of rotatable bonds is 5. The molecule has 0 radical (unpaired) electrons. The van der Waals surface area contributed by atoms with E-state index in [1.54, 1.807) is 11.8 Å². The highest BCUT2D eigenvalue weighted by molar-refractivity contribution is 7.99. The van der Waals surface area contributed by atoms with Gasteiger partial charge in [0.1, 0.15) is 11.6 Å². The standard InChI is InChI=1S/C11H19N3OS/c1-5-8-13-9(6-10(15)14-8)12-7-11(2,3)16-4/h6H,5,7H2,1-4H3,(H2,12,13,14,15). The summed E-state index contributed by atoms with van der Waals surface area (Å²) in [5.41, 5.74) is -0.101. The number of hydrogen-bond acceptors (Lipinski definition) is 4. The van der Waals surface area contributed by atoms with Gasteiger partial charge in [-0.3, -0.25) is 4.79 Å². The molecule has 1 aromatic rings. The van der Waals surface area contributed by atoms with Crippen LogP contribution in [0.4, 0.5) is 5.82 Å². The van der Waals surface area contributed by atoms with Crippen LogP contribution in [0.25, 0.3) is 0 Å². The van der Waals surface area contributed by atoms with Crippen molar-refractivity contribution in [2.24, 2.45) is 0 Å². The molecule has 0 spiro atoms. The Morgan fingerprint density at radius 2 is 2.25 bits per heavy atom. The molecule has 0 saturated heterocycles. The molecule has 2 N–H and O–H groups in total. The van der Waals surface area contributed by atoms with E-state index in [4.69, 9.17) is 0 Å². The highest BCUT2D eigenvalue weighted by Gasteiger charge is 2.15. The lowest BCUT2D eigenvalue weighted by Crippen LogP contribution is -2.27. The number of thioether (sulfide) groups is 1. The Bertz CT molecular complexity index is 400. The number of nitrogens with one attached hydrogen (secondary N) is 2. The summed E-state index contributed by atoms with van der Waals surface area (Å²) >= 11 is 1.78. The Morgan fingerprint density at radius 1 is 1.56 bits per heavy atom. The highest BCUT2D eigenvalue weighted by atomic mass is 32.2. The second-order valence-corrected chi connectivity index (χ2v) is 5.76. The third kappa shape index (κ3) is 3.89. The first kappa shape index (κ1) is 13.1. The van der Waals surface area contributed by atoms with Gasteiger partial charge in [-0.2, -0.15) is 11.8 Å². The van der Waals surface area contributed by atoms with Gasteiger partial charge in [-0.1, -0.05) is 6.92 Å². The summed E-state index contributed by atoms with van der Waals surface area (Å²) in [7, 11) is 0. The lowest BCUT2D eigenvalue weighted by molar-refractivity contribution is 0.747. The Kier molecular flexibility index (Phi) is 4.41. The van der Waals surface area contributed by atoms with Crippen LogP contribution in [-0.2, 0) is 6.42 Å². The maximum Gasteiger partial charge on any atom is 0.252 e. The van der Waals surface area contributed by atoms with Crippen molar-refractivity contribution in [2.45, 2.75) is 31.9 Å². The molecule has 0 atom stereocenters. The Balaban J connectivity index is 2.74. The van der Waals surface area contributed by atoms with Crippen LogP contribution in [-0.4, -0.2) is 27.5 Å². The summed E-state index contributed by atoms with van der Waals surface area (Å²) < 4.78 is 0.136. The number of H-pyrrole nitrogens is 1. The predicted molar refractivity (Wildman–Crippen MR) is 70.3 cm³/mol. The second kappa shape index (κ2) is 5.39. The van der Waals surface area contributed by atoms with Gasteiger partial charge in [0.2, 0.25) is 0 Å². The van der Waals surface area contributed by atoms with Crippen LogP contribution in [0.2, 0.25) is 0 Å². The number of aromatic nitrogens is 2. The van der Waals surface area contributed by atoms with Crippen molar-refractivity contribution >= 4 is 17.6 Å². The van der Waals surface area contributed by atoms with Crippen LogP contribution < -0.4 is 10.9 Å². The molecule has 0 bridgehead atoms. The lowest BCUT2D eigenvalue weighted by Gasteiger charge is -2.22. The molecule has 0 saturated carbocycles. The summed E-state index contributed by atoms with van der Waals surface area (Å²) in [5.74, 6) is 1.37. The number of hydrogen-bond donors (Lipinski definition) is 2. The molecule has 0 aliphatic heterocycles. The fraction of sp³-hybridized carbons (Fsp3) is 0.636. The largest absolute Gasteiger partial charge is 0.368 e. The van der Waals surface area contributed by atoms with E-state index >= 15 is 0 Å². The molecular weight excluding hydrogens is 222 g/mol. The monoisotopic (exact) mass is 241 g/mol. The van der Waals surface area contributed by atoms with E-state index in [1.165, 1.54) is 6.07 Å². The van der Waals surface area contributed by atoms with E-state index in [9.17, 15) is 4.79 Å². The number of aromatic amines is 1. The lowest BCUT2D eigenvalue weighted by atomic mass is 10.2. The summed E-state index contributed by atoms with van der Waals surface area (Å²) in [6.07, 6.45) is 2.81. The minimum Gasteiger partial charge on any atom is -0.368 e. The molecule has 1 aromatic heterocycles. The van der Waals surface area contributed by atoms with E-state index < -0.39 is 0 Å². The molecule has 4 nitrogen and oxygen atoms in total. The average molecular weight is 241 g/mol. The molecule has 0 aliphatic carbocycles. The zero-order valence-electron chi connectivity index (χ0n) is 10.3. The Hall–Kier alpha value is -0.970. The van der Waals surface area contributed by atoms with E-state index in [0.717, 1.165) is 18.8 Å². The second-order valence-electron chi connectivity index (χ2n) is 4.25. The normalized spacial score (nSPS) is 11.5. The topological polar surface area (TPSA) is 57.8 Å². The summed E-state index contributed by atoms with van der Waals surface area (Å²) in [4.78, 5) is 18.3. The number of nitrogens with zero attached hydrogens (tertiary/aromatic N) is 1. The molecule has 1 heterocycles. The number of aryl methyl sites for hydroxylation is 1. The highest BCUT2D eigenvalue weighted by Crippen LogP contribution is 2.20. The van der Waals surface area contributed by atoms with Gasteiger partial charge in [0.25, 0.3) is 5.56 Å². The van der Waals surface area contributed by atoms with Gasteiger partial charge in [0.05, 0.1) is 0 Å². The van der Waals surface area contributed by atoms with Gasteiger partial charge in [-0.05, 0) is 20.1 Å². The first-order chi connectivity index (χ1) is 7.46. The van der Waals surface area contributed by atoms with Gasteiger partial charge < -0.3 is 10.3 Å². The minimum atomic E-state index is -0.101. The van der Waals surface area contributed by atoms with E-state index in [0.29, 0.717) is 5.82 Å². The van der Waals surface area contributed by atoms with Crippen molar-refractivity contribution < 1.29 is 0 Å². The van der Waals surface area contributed by atoms with Crippen molar-refractivity contribution in [2.75, 3.05) is 18.1 Å². The average Bonchev–Trinajstić information content (AvgIpc) is 2.26. The summed E-state index contributed by atoms with van der Waals surface area (Å²) in [5, 5.41) is 3.20. The maximum absolute atomic E-state index is 11.3.